The summed E-state index contributed by atoms with van der Waals surface area (Å²) in [4.78, 5) is 17.8. The molecular weight excluding hydrogens is 572 g/mol. The van der Waals surface area contributed by atoms with E-state index in [-0.39, 0.29) is 28.8 Å². The van der Waals surface area contributed by atoms with Crippen LogP contribution in [0.2, 0.25) is 0 Å². The van der Waals surface area contributed by atoms with E-state index in [1.165, 1.54) is 35.0 Å². The van der Waals surface area contributed by atoms with Crippen LogP contribution in [0.1, 0.15) is 69.4 Å². The summed E-state index contributed by atoms with van der Waals surface area (Å²) in [6, 6.07) is 9.17. The maximum Gasteiger partial charge on any atom is 0.416 e. The van der Waals surface area contributed by atoms with Crippen LogP contribution in [0, 0.1) is 11.2 Å². The zero-order valence-electron chi connectivity index (χ0n) is 23.3. The molecule has 7 nitrogen and oxygen atoms in total. The summed E-state index contributed by atoms with van der Waals surface area (Å²) in [5.41, 5.74) is -2.43. The molecule has 2 bridgehead atoms. The zero-order valence-corrected chi connectivity index (χ0v) is 24.1. The van der Waals surface area contributed by atoms with Crippen molar-refractivity contribution in [1.29, 1.82) is 0 Å². The predicted molar refractivity (Wildman–Crippen MR) is 148 cm³/mol. The van der Waals surface area contributed by atoms with Crippen LogP contribution in [-0.4, -0.2) is 48.1 Å². The summed E-state index contributed by atoms with van der Waals surface area (Å²) in [5.74, 6) is 0.0465. The Morgan fingerprint density at radius 1 is 1.02 bits per heavy atom. The number of carbonyl (C=O) groups excluding carboxylic acids is 1. The molecule has 0 spiro atoms. The molecule has 1 atom stereocenters. The standard InChI is InChI=1S/C30H34F4N4O3S/c1-27(26(39)36-23-5-3-2-4-6-23)19-35-25(37-27)28-16-29(17-28,18-28)38(42(40,41)24-13-11-22(31)12-14-24)15-20-7-9-21(10-8-20)30(32,33)34/h7-14,23H,2-6,15-19H2,1H3,(H,35,37)(H,36,39)/t27-,28?,29?/m1/s1. The molecular formula is C30H34F4N4O3S. The SMILES string of the molecule is C[C@]1(C(=O)NC2CCCCC2)CN=C(C23CC(N(Cc4ccc(C(F)(F)F)cc4)S(=O)(=O)c4ccc(F)cc4)(C2)C3)N1. The molecule has 4 saturated carbocycles. The number of aliphatic imine (C=N–C) groups is 1. The van der Waals surface area contributed by atoms with Crippen molar-refractivity contribution in [3.63, 3.8) is 0 Å². The number of carbonyl (C=O) groups is 1. The number of rotatable bonds is 8. The van der Waals surface area contributed by atoms with E-state index in [1.54, 1.807) is 0 Å². The summed E-state index contributed by atoms with van der Waals surface area (Å²) >= 11 is 0. The zero-order chi connectivity index (χ0) is 30.0. The fourth-order valence-corrected chi connectivity index (χ4v) is 8.81. The normalized spacial score (nSPS) is 29.3. The van der Waals surface area contributed by atoms with Gasteiger partial charge in [-0.1, -0.05) is 31.4 Å². The Bertz CT molecular complexity index is 1480. The summed E-state index contributed by atoms with van der Waals surface area (Å²) in [6.07, 6.45) is 2.23. The number of alkyl halides is 3. The number of benzene rings is 2. The summed E-state index contributed by atoms with van der Waals surface area (Å²) < 4.78 is 82.0. The quantitative estimate of drug-likeness (QED) is 0.406. The lowest BCUT2D eigenvalue weighted by molar-refractivity contribution is -0.151. The fourth-order valence-electron chi connectivity index (χ4n) is 7.05. The average molecular weight is 607 g/mol. The van der Waals surface area contributed by atoms with Crippen molar-refractivity contribution < 1.29 is 30.8 Å². The number of hydrogen-bond acceptors (Lipinski definition) is 5. The lowest BCUT2D eigenvalue weighted by Crippen LogP contribution is -2.79. The molecule has 7 rings (SSSR count). The van der Waals surface area contributed by atoms with Gasteiger partial charge in [0.05, 0.1) is 17.0 Å². The van der Waals surface area contributed by atoms with Crippen LogP contribution in [0.15, 0.2) is 58.4 Å². The number of amides is 1. The molecule has 1 amide bonds. The smallest absolute Gasteiger partial charge is 0.358 e. The molecule has 2 aromatic rings. The van der Waals surface area contributed by atoms with Crippen LogP contribution in [0.4, 0.5) is 17.6 Å². The average Bonchev–Trinajstić information content (AvgIpc) is 3.30. The minimum atomic E-state index is -4.50. The highest BCUT2D eigenvalue weighted by Gasteiger charge is 2.75. The second kappa shape index (κ2) is 10.0. The Hall–Kier alpha value is -2.99. The van der Waals surface area contributed by atoms with Gasteiger partial charge in [0.1, 0.15) is 17.2 Å². The van der Waals surface area contributed by atoms with Crippen molar-refractivity contribution in [2.75, 3.05) is 6.54 Å². The Morgan fingerprint density at radius 3 is 2.24 bits per heavy atom. The number of halogens is 4. The van der Waals surface area contributed by atoms with Gasteiger partial charge >= 0.3 is 6.18 Å². The summed E-state index contributed by atoms with van der Waals surface area (Å²) in [6.45, 7) is 1.99. The minimum absolute atomic E-state index is 0.0853. The van der Waals surface area contributed by atoms with Gasteiger partial charge in [0.15, 0.2) is 0 Å². The van der Waals surface area contributed by atoms with Gasteiger partial charge in [0.25, 0.3) is 0 Å². The number of hydrogen-bond donors (Lipinski definition) is 2. The molecule has 4 aliphatic carbocycles. The summed E-state index contributed by atoms with van der Waals surface area (Å²) in [5, 5.41) is 6.53. The van der Waals surface area contributed by atoms with Crippen LogP contribution in [0.5, 0.6) is 0 Å². The van der Waals surface area contributed by atoms with Gasteiger partial charge in [-0.25, -0.2) is 12.8 Å². The van der Waals surface area contributed by atoms with Gasteiger partial charge in [0, 0.05) is 23.5 Å². The Balaban J connectivity index is 1.19. The Labute approximate surface area is 242 Å². The number of nitrogens with one attached hydrogen (secondary N) is 2. The van der Waals surface area contributed by atoms with Gasteiger partial charge < -0.3 is 10.6 Å². The molecule has 0 unspecified atom stereocenters. The molecule has 0 aromatic heterocycles. The molecule has 0 saturated heterocycles. The molecule has 0 radical (unpaired) electrons. The molecule has 2 N–H and O–H groups in total. The molecule has 4 fully saturated rings. The third-order valence-corrected chi connectivity index (χ3v) is 11.4. The first-order valence-corrected chi connectivity index (χ1v) is 15.8. The van der Waals surface area contributed by atoms with E-state index >= 15 is 0 Å². The lowest BCUT2D eigenvalue weighted by atomic mass is 9.38. The Morgan fingerprint density at radius 2 is 1.64 bits per heavy atom. The van der Waals surface area contributed by atoms with Gasteiger partial charge in [0.2, 0.25) is 15.9 Å². The number of sulfonamides is 1. The van der Waals surface area contributed by atoms with Crippen molar-refractivity contribution in [2.24, 2.45) is 10.4 Å². The molecule has 12 heteroatoms. The van der Waals surface area contributed by atoms with Gasteiger partial charge in [-0.05, 0) is 81.0 Å². The summed E-state index contributed by atoms with van der Waals surface area (Å²) in [7, 11) is -4.12. The van der Waals surface area contributed by atoms with Crippen LogP contribution in [-0.2, 0) is 27.5 Å². The predicted octanol–water partition coefficient (Wildman–Crippen LogP) is 5.17. The minimum Gasteiger partial charge on any atom is -0.358 e. The second-order valence-corrected chi connectivity index (χ2v) is 14.5. The van der Waals surface area contributed by atoms with Gasteiger partial charge in [-0.15, -0.1) is 0 Å². The topological polar surface area (TPSA) is 90.9 Å². The van der Waals surface area contributed by atoms with E-state index in [9.17, 15) is 30.8 Å². The first kappa shape index (κ1) is 29.1. The van der Waals surface area contributed by atoms with E-state index in [1.807, 2.05) is 6.92 Å². The molecule has 1 aliphatic heterocycles. The highest BCUT2D eigenvalue weighted by atomic mass is 32.2. The van der Waals surface area contributed by atoms with E-state index in [4.69, 9.17) is 4.99 Å². The highest BCUT2D eigenvalue weighted by Crippen LogP contribution is 2.71. The third-order valence-electron chi connectivity index (χ3n) is 9.43. The van der Waals surface area contributed by atoms with Crippen LogP contribution < -0.4 is 10.6 Å². The van der Waals surface area contributed by atoms with E-state index in [0.717, 1.165) is 49.9 Å². The highest BCUT2D eigenvalue weighted by molar-refractivity contribution is 7.89. The fraction of sp³-hybridized carbons (Fsp3) is 0.533. The van der Waals surface area contributed by atoms with Crippen molar-refractivity contribution in [1.82, 2.24) is 14.9 Å². The second-order valence-electron chi connectivity index (χ2n) is 12.6. The van der Waals surface area contributed by atoms with Crippen molar-refractivity contribution in [3.8, 4) is 0 Å². The lowest BCUT2D eigenvalue weighted by Gasteiger charge is -2.73. The number of amidine groups is 1. The largest absolute Gasteiger partial charge is 0.416 e. The first-order valence-electron chi connectivity index (χ1n) is 14.3. The maximum absolute atomic E-state index is 13.9. The van der Waals surface area contributed by atoms with Crippen molar-refractivity contribution in [2.45, 2.75) is 93.0 Å². The van der Waals surface area contributed by atoms with E-state index < -0.39 is 38.7 Å². The van der Waals surface area contributed by atoms with Crippen molar-refractivity contribution >= 4 is 21.8 Å². The maximum atomic E-state index is 13.9. The van der Waals surface area contributed by atoms with E-state index in [2.05, 4.69) is 10.6 Å². The monoisotopic (exact) mass is 606 g/mol. The first-order chi connectivity index (χ1) is 19.7. The van der Waals surface area contributed by atoms with Crippen LogP contribution >= 0.6 is 0 Å². The third kappa shape index (κ3) is 5.00. The van der Waals surface area contributed by atoms with Crippen LogP contribution in [0.25, 0.3) is 0 Å². The molecule has 42 heavy (non-hydrogen) atoms. The van der Waals surface area contributed by atoms with Gasteiger partial charge in [-0.2, -0.15) is 17.5 Å². The Kier molecular flexibility index (Phi) is 6.96. The molecule has 226 valence electrons. The number of nitrogens with zero attached hydrogens (tertiary/aromatic N) is 2. The molecule has 1 heterocycles. The van der Waals surface area contributed by atoms with E-state index in [0.29, 0.717) is 37.2 Å². The molecule has 5 aliphatic rings. The van der Waals surface area contributed by atoms with Crippen LogP contribution in [0.3, 0.4) is 0 Å². The van der Waals surface area contributed by atoms with Gasteiger partial charge in [-0.3, -0.25) is 9.79 Å². The van der Waals surface area contributed by atoms with Crippen molar-refractivity contribution in [3.05, 3.63) is 65.5 Å². The molecule has 2 aromatic carbocycles.